The Morgan fingerprint density at radius 2 is 1.76 bits per heavy atom. The number of allylic oxidation sites excluding steroid dienone is 3. The van der Waals surface area contributed by atoms with Crippen LogP contribution in [0.2, 0.25) is 0 Å². The fourth-order valence-corrected chi connectivity index (χ4v) is 5.41. The van der Waals surface area contributed by atoms with E-state index in [0.717, 1.165) is 11.3 Å². The highest BCUT2D eigenvalue weighted by atomic mass is 16.5. The second kappa shape index (κ2) is 9.73. The normalized spacial score (nSPS) is 19.6. The van der Waals surface area contributed by atoms with Crippen LogP contribution < -0.4 is 15.5 Å². The van der Waals surface area contributed by atoms with Gasteiger partial charge in [-0.2, -0.15) is 0 Å². The second-order valence-corrected chi connectivity index (χ2v) is 9.73. The number of ether oxygens (including phenoxy) is 2. The monoisotopic (exact) mass is 499 g/mol. The van der Waals surface area contributed by atoms with Gasteiger partial charge in [-0.25, -0.2) is 4.79 Å². The average molecular weight is 500 g/mol. The van der Waals surface area contributed by atoms with Gasteiger partial charge >= 0.3 is 5.97 Å². The molecule has 0 unspecified atom stereocenters. The molecule has 2 atom stereocenters. The Kier molecular flexibility index (Phi) is 6.46. The van der Waals surface area contributed by atoms with Crippen molar-refractivity contribution < 1.29 is 23.5 Å². The quantitative estimate of drug-likeness (QED) is 0.487. The molecule has 0 saturated carbocycles. The predicted octanol–water partition coefficient (Wildman–Crippen LogP) is 5.11. The van der Waals surface area contributed by atoms with Crippen molar-refractivity contribution in [1.29, 1.82) is 0 Å². The molecular weight excluding hydrogens is 470 g/mol. The third-order valence-electron chi connectivity index (χ3n) is 6.99. The van der Waals surface area contributed by atoms with Crippen molar-refractivity contribution in [2.24, 2.45) is 0 Å². The van der Waals surface area contributed by atoms with Gasteiger partial charge in [0.25, 0.3) is 0 Å². The molecular formula is C30H29NO6. The van der Waals surface area contributed by atoms with Crippen LogP contribution in [-0.4, -0.2) is 25.0 Å². The first kappa shape index (κ1) is 24.6. The highest BCUT2D eigenvalue weighted by Gasteiger charge is 2.43. The smallest absolute Gasteiger partial charge is 0.337 e. The zero-order valence-corrected chi connectivity index (χ0v) is 21.3. The third kappa shape index (κ3) is 4.35. The summed E-state index contributed by atoms with van der Waals surface area (Å²) < 4.78 is 16.9. The fraction of sp³-hybridized carbons (Fsp3) is 0.300. The molecule has 37 heavy (non-hydrogen) atoms. The van der Waals surface area contributed by atoms with Crippen LogP contribution in [0.3, 0.4) is 0 Å². The number of carbonyl (C=O) groups excluding carboxylic acids is 2. The molecule has 2 aromatic carbocycles. The Labute approximate surface area is 214 Å². The summed E-state index contributed by atoms with van der Waals surface area (Å²) in [6.45, 7) is 5.29. The van der Waals surface area contributed by atoms with Gasteiger partial charge in [-0.15, -0.1) is 0 Å². The van der Waals surface area contributed by atoms with E-state index < -0.39 is 11.9 Å². The SMILES string of the molecule is COc1ccccc1[C@H]1CC(=O)C2=C(C1)NC(C)=C(C(=O)OC(C)C)[C@H]2c1coc2ccccc2c1=O. The molecule has 1 aliphatic carbocycles. The van der Waals surface area contributed by atoms with Crippen molar-refractivity contribution in [1.82, 2.24) is 5.32 Å². The summed E-state index contributed by atoms with van der Waals surface area (Å²) in [4.78, 5) is 40.8. The summed E-state index contributed by atoms with van der Waals surface area (Å²) in [6, 6.07) is 14.6. The molecule has 7 heteroatoms. The Bertz CT molecular complexity index is 1530. The van der Waals surface area contributed by atoms with E-state index >= 15 is 0 Å². The lowest BCUT2D eigenvalue weighted by atomic mass is 9.71. The Morgan fingerprint density at radius 3 is 2.51 bits per heavy atom. The molecule has 2 heterocycles. The van der Waals surface area contributed by atoms with E-state index in [9.17, 15) is 14.4 Å². The number of hydrogen-bond donors (Lipinski definition) is 1. The average Bonchev–Trinajstić information content (AvgIpc) is 2.87. The molecule has 3 aromatic rings. The number of esters is 1. The van der Waals surface area contributed by atoms with E-state index in [4.69, 9.17) is 13.9 Å². The van der Waals surface area contributed by atoms with Gasteiger partial charge < -0.3 is 19.2 Å². The maximum absolute atomic E-state index is 13.8. The summed E-state index contributed by atoms with van der Waals surface area (Å²) in [5, 5.41) is 3.70. The van der Waals surface area contributed by atoms with Gasteiger partial charge in [-0.05, 0) is 51.0 Å². The molecule has 0 spiro atoms. The Balaban J connectivity index is 1.67. The number of para-hydroxylation sites is 2. The van der Waals surface area contributed by atoms with Gasteiger partial charge in [0.05, 0.1) is 36.4 Å². The van der Waals surface area contributed by atoms with E-state index in [1.165, 1.54) is 6.26 Å². The largest absolute Gasteiger partial charge is 0.496 e. The molecule has 0 radical (unpaired) electrons. The fourth-order valence-electron chi connectivity index (χ4n) is 5.41. The summed E-state index contributed by atoms with van der Waals surface area (Å²) in [5.41, 5.74) is 3.26. The zero-order chi connectivity index (χ0) is 26.3. The predicted molar refractivity (Wildman–Crippen MR) is 139 cm³/mol. The van der Waals surface area contributed by atoms with E-state index in [2.05, 4.69) is 5.32 Å². The van der Waals surface area contributed by atoms with Crippen molar-refractivity contribution in [3.63, 3.8) is 0 Å². The van der Waals surface area contributed by atoms with Crippen LogP contribution in [-0.2, 0) is 14.3 Å². The topological polar surface area (TPSA) is 94.8 Å². The summed E-state index contributed by atoms with van der Waals surface area (Å²) in [6.07, 6.45) is 1.76. The van der Waals surface area contributed by atoms with Crippen LogP contribution in [0, 0.1) is 0 Å². The standard InChI is InChI=1S/C30H29NO6/c1-16(2)37-30(34)26-17(3)31-22-13-18(19-9-5-7-11-24(19)35-4)14-23(32)28(22)27(26)21-15-36-25-12-8-6-10-20(25)29(21)33/h5-12,15-16,18,27,31H,13-14H2,1-4H3/t18-,27-/m1/s1. The van der Waals surface area contributed by atoms with Crippen LogP contribution in [0.15, 0.2) is 86.5 Å². The lowest BCUT2D eigenvalue weighted by Gasteiger charge is -2.36. The molecule has 7 nitrogen and oxygen atoms in total. The van der Waals surface area contributed by atoms with Crippen LogP contribution in [0.4, 0.5) is 0 Å². The van der Waals surface area contributed by atoms with E-state index in [-0.39, 0.29) is 40.8 Å². The van der Waals surface area contributed by atoms with Crippen LogP contribution >= 0.6 is 0 Å². The van der Waals surface area contributed by atoms with Crippen LogP contribution in [0.25, 0.3) is 11.0 Å². The molecule has 0 bridgehead atoms. The number of ketones is 1. The molecule has 0 amide bonds. The Morgan fingerprint density at radius 1 is 1.03 bits per heavy atom. The number of benzene rings is 2. The molecule has 1 aliphatic heterocycles. The molecule has 0 saturated heterocycles. The molecule has 190 valence electrons. The van der Waals surface area contributed by atoms with Gasteiger partial charge in [0.2, 0.25) is 0 Å². The molecule has 1 N–H and O–H groups in total. The number of Topliss-reactive ketones (excluding diaryl/α,β-unsaturated/α-hetero) is 1. The van der Waals surface area contributed by atoms with E-state index in [1.807, 2.05) is 24.3 Å². The van der Waals surface area contributed by atoms with Crippen LogP contribution in [0.1, 0.15) is 56.6 Å². The zero-order valence-electron chi connectivity index (χ0n) is 21.3. The maximum atomic E-state index is 13.8. The molecule has 5 rings (SSSR count). The first-order chi connectivity index (χ1) is 17.8. The van der Waals surface area contributed by atoms with Gasteiger partial charge in [0.1, 0.15) is 11.3 Å². The highest BCUT2D eigenvalue weighted by molar-refractivity contribution is 6.04. The van der Waals surface area contributed by atoms with E-state index in [1.54, 1.807) is 52.1 Å². The van der Waals surface area contributed by atoms with Crippen molar-refractivity contribution >= 4 is 22.7 Å². The molecule has 1 aromatic heterocycles. The van der Waals surface area contributed by atoms with Crippen molar-refractivity contribution in [2.75, 3.05) is 7.11 Å². The molecule has 0 fully saturated rings. The number of hydrogen-bond acceptors (Lipinski definition) is 7. The lowest BCUT2D eigenvalue weighted by Crippen LogP contribution is -2.38. The van der Waals surface area contributed by atoms with Crippen molar-refractivity contribution in [3.05, 3.63) is 98.7 Å². The number of carbonyl (C=O) groups is 2. The van der Waals surface area contributed by atoms with Crippen molar-refractivity contribution in [2.45, 2.75) is 51.6 Å². The number of dihydropyridines is 1. The first-order valence-electron chi connectivity index (χ1n) is 12.4. The van der Waals surface area contributed by atoms with Gasteiger partial charge in [-0.3, -0.25) is 9.59 Å². The number of rotatable bonds is 5. The minimum absolute atomic E-state index is 0.111. The minimum Gasteiger partial charge on any atom is -0.496 e. The van der Waals surface area contributed by atoms with Gasteiger partial charge in [0, 0.05) is 34.9 Å². The summed E-state index contributed by atoms with van der Waals surface area (Å²) in [7, 11) is 1.61. The van der Waals surface area contributed by atoms with Crippen LogP contribution in [0.5, 0.6) is 5.75 Å². The maximum Gasteiger partial charge on any atom is 0.337 e. The lowest BCUT2D eigenvalue weighted by molar-refractivity contribution is -0.143. The highest BCUT2D eigenvalue weighted by Crippen LogP contribution is 2.46. The molecule has 2 aliphatic rings. The Hall–Kier alpha value is -4.13. The number of nitrogens with one attached hydrogen (secondary N) is 1. The third-order valence-corrected chi connectivity index (χ3v) is 6.99. The number of methoxy groups -OCH3 is 1. The second-order valence-electron chi connectivity index (χ2n) is 9.73. The van der Waals surface area contributed by atoms with Gasteiger partial charge in [0.15, 0.2) is 11.2 Å². The van der Waals surface area contributed by atoms with Gasteiger partial charge in [-0.1, -0.05) is 30.3 Å². The minimum atomic E-state index is -0.894. The van der Waals surface area contributed by atoms with E-state index in [0.29, 0.717) is 34.4 Å². The first-order valence-corrected chi connectivity index (χ1v) is 12.4. The van der Waals surface area contributed by atoms with Crippen molar-refractivity contribution in [3.8, 4) is 5.75 Å². The number of fused-ring (bicyclic) bond motifs is 1. The summed E-state index contributed by atoms with van der Waals surface area (Å²) in [5.74, 6) is -0.983. The summed E-state index contributed by atoms with van der Waals surface area (Å²) >= 11 is 0.